The SMILES string of the molecule is COCCOCCOCCNCc1ccc(C#N)cc1. The van der Waals surface area contributed by atoms with Crippen molar-refractivity contribution in [2.24, 2.45) is 0 Å². The molecule has 0 heterocycles. The lowest BCUT2D eigenvalue weighted by Crippen LogP contribution is -2.20. The molecule has 5 nitrogen and oxygen atoms in total. The van der Waals surface area contributed by atoms with Crippen molar-refractivity contribution in [3.63, 3.8) is 0 Å². The molecule has 0 saturated heterocycles. The van der Waals surface area contributed by atoms with Crippen LogP contribution in [0.2, 0.25) is 0 Å². The number of ether oxygens (including phenoxy) is 3. The number of benzene rings is 1. The molecule has 0 aliphatic heterocycles. The zero-order valence-electron chi connectivity index (χ0n) is 11.9. The lowest BCUT2D eigenvalue weighted by molar-refractivity contribution is 0.0255. The molecule has 0 fully saturated rings. The monoisotopic (exact) mass is 278 g/mol. The average Bonchev–Trinajstić information content (AvgIpc) is 2.50. The number of methoxy groups -OCH3 is 1. The maximum Gasteiger partial charge on any atom is 0.0991 e. The Morgan fingerprint density at radius 3 is 2.30 bits per heavy atom. The van der Waals surface area contributed by atoms with E-state index < -0.39 is 0 Å². The fourth-order valence-electron chi connectivity index (χ4n) is 1.54. The topological polar surface area (TPSA) is 63.5 Å². The van der Waals surface area contributed by atoms with Crippen LogP contribution in [0.15, 0.2) is 24.3 Å². The molecule has 1 N–H and O–H groups in total. The largest absolute Gasteiger partial charge is 0.382 e. The lowest BCUT2D eigenvalue weighted by Gasteiger charge is -2.07. The first-order valence-electron chi connectivity index (χ1n) is 6.71. The highest BCUT2D eigenvalue weighted by atomic mass is 16.5. The second-order valence-corrected chi connectivity index (χ2v) is 4.20. The molecule has 1 rings (SSSR count). The predicted octanol–water partition coefficient (Wildman–Crippen LogP) is 1.33. The predicted molar refractivity (Wildman–Crippen MR) is 76.4 cm³/mol. The minimum absolute atomic E-state index is 0.596. The summed E-state index contributed by atoms with van der Waals surface area (Å²) < 4.78 is 15.6. The summed E-state index contributed by atoms with van der Waals surface area (Å²) in [7, 11) is 1.65. The Morgan fingerprint density at radius 1 is 1.00 bits per heavy atom. The van der Waals surface area contributed by atoms with Crippen LogP contribution in [0.25, 0.3) is 0 Å². The van der Waals surface area contributed by atoms with Crippen LogP contribution in [-0.4, -0.2) is 46.7 Å². The number of nitrogens with zero attached hydrogens (tertiary/aromatic N) is 1. The zero-order valence-corrected chi connectivity index (χ0v) is 11.9. The zero-order chi connectivity index (χ0) is 14.5. The van der Waals surface area contributed by atoms with Gasteiger partial charge in [-0.1, -0.05) is 12.1 Å². The van der Waals surface area contributed by atoms with Gasteiger partial charge in [0.2, 0.25) is 0 Å². The number of nitriles is 1. The van der Waals surface area contributed by atoms with Gasteiger partial charge in [-0.3, -0.25) is 0 Å². The minimum atomic E-state index is 0.596. The standard InChI is InChI=1S/C15H22N2O3/c1-18-8-9-20-11-10-19-7-6-17-13-15-4-2-14(12-16)3-5-15/h2-5,17H,6-11,13H2,1H3. The minimum Gasteiger partial charge on any atom is -0.382 e. The third-order valence-corrected chi connectivity index (χ3v) is 2.64. The first-order valence-corrected chi connectivity index (χ1v) is 6.71. The van der Waals surface area contributed by atoms with Gasteiger partial charge in [-0.05, 0) is 17.7 Å². The first-order chi connectivity index (χ1) is 9.86. The highest BCUT2D eigenvalue weighted by Crippen LogP contribution is 2.02. The van der Waals surface area contributed by atoms with Crippen LogP contribution < -0.4 is 5.32 Å². The van der Waals surface area contributed by atoms with Gasteiger partial charge in [0, 0.05) is 20.2 Å². The summed E-state index contributed by atoms with van der Waals surface area (Å²) in [6.07, 6.45) is 0. The fourth-order valence-corrected chi connectivity index (χ4v) is 1.54. The average molecular weight is 278 g/mol. The van der Waals surface area contributed by atoms with Crippen LogP contribution in [0.4, 0.5) is 0 Å². The molecule has 0 radical (unpaired) electrons. The number of rotatable bonds is 11. The maximum atomic E-state index is 8.69. The van der Waals surface area contributed by atoms with Gasteiger partial charge in [-0.15, -0.1) is 0 Å². The molecule has 0 unspecified atom stereocenters. The Bertz CT molecular complexity index is 387. The van der Waals surface area contributed by atoms with Crippen LogP contribution in [0.3, 0.4) is 0 Å². The van der Waals surface area contributed by atoms with E-state index in [0.717, 1.165) is 18.7 Å². The Labute approximate surface area is 120 Å². The van der Waals surface area contributed by atoms with Crippen LogP contribution in [0.5, 0.6) is 0 Å². The van der Waals surface area contributed by atoms with Crippen LogP contribution >= 0.6 is 0 Å². The van der Waals surface area contributed by atoms with Crippen molar-refractivity contribution in [3.05, 3.63) is 35.4 Å². The molecule has 0 amide bonds. The Morgan fingerprint density at radius 2 is 1.65 bits per heavy atom. The van der Waals surface area contributed by atoms with Gasteiger partial charge >= 0.3 is 0 Å². The summed E-state index contributed by atoms with van der Waals surface area (Å²) in [4.78, 5) is 0. The van der Waals surface area contributed by atoms with Crippen molar-refractivity contribution in [2.45, 2.75) is 6.54 Å². The quantitative estimate of drug-likeness (QED) is 0.619. The summed E-state index contributed by atoms with van der Waals surface area (Å²) in [6.45, 7) is 4.64. The van der Waals surface area contributed by atoms with Crippen molar-refractivity contribution < 1.29 is 14.2 Å². The molecule has 0 aliphatic carbocycles. The van der Waals surface area contributed by atoms with Gasteiger partial charge in [-0.2, -0.15) is 5.26 Å². The smallest absolute Gasteiger partial charge is 0.0991 e. The van der Waals surface area contributed by atoms with E-state index in [1.165, 1.54) is 0 Å². The van der Waals surface area contributed by atoms with Gasteiger partial charge in [0.25, 0.3) is 0 Å². The van der Waals surface area contributed by atoms with E-state index in [1.807, 2.05) is 24.3 Å². The molecular weight excluding hydrogens is 256 g/mol. The molecule has 0 aromatic heterocycles. The van der Waals surface area contributed by atoms with Gasteiger partial charge in [0.15, 0.2) is 0 Å². The van der Waals surface area contributed by atoms with Crippen molar-refractivity contribution >= 4 is 0 Å². The van der Waals surface area contributed by atoms with E-state index in [2.05, 4.69) is 11.4 Å². The van der Waals surface area contributed by atoms with E-state index in [9.17, 15) is 0 Å². The van der Waals surface area contributed by atoms with Crippen molar-refractivity contribution in [2.75, 3.05) is 46.7 Å². The van der Waals surface area contributed by atoms with Crippen molar-refractivity contribution in [3.8, 4) is 6.07 Å². The van der Waals surface area contributed by atoms with E-state index in [-0.39, 0.29) is 0 Å². The molecule has 0 saturated carbocycles. The maximum absolute atomic E-state index is 8.69. The van der Waals surface area contributed by atoms with Crippen LogP contribution in [0, 0.1) is 11.3 Å². The summed E-state index contributed by atoms with van der Waals surface area (Å²) in [5, 5.41) is 12.0. The van der Waals surface area contributed by atoms with Gasteiger partial charge in [-0.25, -0.2) is 0 Å². The highest BCUT2D eigenvalue weighted by Gasteiger charge is 1.94. The van der Waals surface area contributed by atoms with Crippen LogP contribution in [-0.2, 0) is 20.8 Å². The summed E-state index contributed by atoms with van der Waals surface area (Å²) in [5.41, 5.74) is 1.84. The van der Waals surface area contributed by atoms with Crippen molar-refractivity contribution in [1.29, 1.82) is 5.26 Å². The number of nitrogens with one attached hydrogen (secondary N) is 1. The normalized spacial score (nSPS) is 10.4. The molecule has 5 heteroatoms. The second-order valence-electron chi connectivity index (χ2n) is 4.20. The molecule has 0 aliphatic rings. The number of hydrogen-bond acceptors (Lipinski definition) is 5. The van der Waals surface area contributed by atoms with Gasteiger partial charge in [0.05, 0.1) is 44.7 Å². The highest BCUT2D eigenvalue weighted by molar-refractivity contribution is 5.31. The summed E-state index contributed by atoms with van der Waals surface area (Å²) in [5.74, 6) is 0. The first kappa shape index (κ1) is 16.6. The second kappa shape index (κ2) is 11.4. The van der Waals surface area contributed by atoms with Crippen molar-refractivity contribution in [1.82, 2.24) is 5.32 Å². The van der Waals surface area contributed by atoms with E-state index in [1.54, 1.807) is 7.11 Å². The van der Waals surface area contributed by atoms with Crippen LogP contribution in [0.1, 0.15) is 11.1 Å². The summed E-state index contributed by atoms with van der Waals surface area (Å²) >= 11 is 0. The molecule has 0 bridgehead atoms. The Hall–Kier alpha value is -1.45. The third-order valence-electron chi connectivity index (χ3n) is 2.64. The van der Waals surface area contributed by atoms with Gasteiger partial charge < -0.3 is 19.5 Å². The summed E-state index contributed by atoms with van der Waals surface area (Å²) in [6, 6.07) is 9.66. The van der Waals surface area contributed by atoms with Gasteiger partial charge in [0.1, 0.15) is 0 Å². The molecular formula is C15H22N2O3. The molecule has 20 heavy (non-hydrogen) atoms. The fraction of sp³-hybridized carbons (Fsp3) is 0.533. The molecule has 1 aromatic rings. The molecule has 110 valence electrons. The molecule has 0 atom stereocenters. The van der Waals surface area contributed by atoms with E-state index in [4.69, 9.17) is 19.5 Å². The van der Waals surface area contributed by atoms with E-state index >= 15 is 0 Å². The Balaban J connectivity index is 1.93. The molecule has 0 spiro atoms. The van der Waals surface area contributed by atoms with E-state index in [0.29, 0.717) is 38.6 Å². The third kappa shape index (κ3) is 7.87. The molecule has 1 aromatic carbocycles. The lowest BCUT2D eigenvalue weighted by atomic mass is 10.1. The Kier molecular flexibility index (Phi) is 9.45. The number of hydrogen-bond donors (Lipinski definition) is 1.